The van der Waals surface area contributed by atoms with E-state index < -0.39 is 48.1 Å². The van der Waals surface area contributed by atoms with Gasteiger partial charge >= 0.3 is 5.97 Å². The van der Waals surface area contributed by atoms with Crippen molar-refractivity contribution in [2.75, 3.05) is 12.3 Å². The summed E-state index contributed by atoms with van der Waals surface area (Å²) in [6.07, 6.45) is -0.267. The standard InChI is InChI=1S/C28H30ClN5O7/c29-18-13-17(8-9-19(18)30)25(37)31-20-10-11-23(35)33-12-4-7-22(34(33)27(20)39)26(38)32-21-14-24(36)41-28(21)40-15-16-5-2-1-3-6-16/h1-3,5-6,8-9,13,20-22,28H,4,7,10-12,14-15,30H2,(H,31,37)(H,32,38). The number of halogens is 1. The monoisotopic (exact) mass is 583 g/mol. The molecule has 0 spiro atoms. The van der Waals surface area contributed by atoms with Crippen LogP contribution >= 0.6 is 11.6 Å². The Labute approximate surface area is 241 Å². The molecule has 13 heteroatoms. The topological polar surface area (TPSA) is 160 Å². The fraction of sp³-hybridized carbons (Fsp3) is 0.393. The van der Waals surface area contributed by atoms with Crippen molar-refractivity contribution in [1.82, 2.24) is 20.7 Å². The molecule has 41 heavy (non-hydrogen) atoms. The highest BCUT2D eigenvalue weighted by molar-refractivity contribution is 6.33. The fourth-order valence-electron chi connectivity index (χ4n) is 5.15. The molecule has 0 bridgehead atoms. The number of carbonyl (C=O) groups excluding carboxylic acids is 5. The van der Waals surface area contributed by atoms with Crippen LogP contribution in [0.3, 0.4) is 0 Å². The summed E-state index contributed by atoms with van der Waals surface area (Å²) in [5.74, 6) is -2.55. The lowest BCUT2D eigenvalue weighted by Gasteiger charge is -2.43. The second-order valence-corrected chi connectivity index (χ2v) is 10.5. The van der Waals surface area contributed by atoms with Crippen LogP contribution in [0.5, 0.6) is 0 Å². The van der Waals surface area contributed by atoms with Crippen LogP contribution in [0.2, 0.25) is 5.02 Å². The summed E-state index contributed by atoms with van der Waals surface area (Å²) < 4.78 is 11.1. The maximum absolute atomic E-state index is 13.7. The summed E-state index contributed by atoms with van der Waals surface area (Å²) in [7, 11) is 0. The van der Waals surface area contributed by atoms with E-state index in [0.717, 1.165) is 10.6 Å². The van der Waals surface area contributed by atoms with Gasteiger partial charge in [-0.15, -0.1) is 0 Å². The molecular formula is C28H30ClN5O7. The molecule has 0 saturated carbocycles. The Hall–Kier alpha value is -4.16. The third kappa shape index (κ3) is 6.28. The molecule has 2 aromatic carbocycles. The van der Waals surface area contributed by atoms with Gasteiger partial charge in [0.1, 0.15) is 18.1 Å². The van der Waals surface area contributed by atoms with Gasteiger partial charge in [-0.2, -0.15) is 0 Å². The number of ether oxygens (including phenoxy) is 2. The third-order valence-corrected chi connectivity index (χ3v) is 7.61. The minimum atomic E-state index is -1.06. The molecule has 3 saturated heterocycles. The van der Waals surface area contributed by atoms with E-state index in [4.69, 9.17) is 26.8 Å². The molecule has 2 aromatic rings. The lowest BCUT2D eigenvalue weighted by Crippen LogP contribution is -2.64. The lowest BCUT2D eigenvalue weighted by atomic mass is 10.0. The van der Waals surface area contributed by atoms with Crippen molar-refractivity contribution in [2.45, 2.75) is 63.1 Å². The maximum Gasteiger partial charge on any atom is 0.310 e. The number of nitrogens with zero attached hydrogens (tertiary/aromatic N) is 2. The highest BCUT2D eigenvalue weighted by Crippen LogP contribution is 2.27. The van der Waals surface area contributed by atoms with Crippen LogP contribution in [0.4, 0.5) is 5.69 Å². The van der Waals surface area contributed by atoms with Crippen LogP contribution in [-0.4, -0.2) is 70.6 Å². The van der Waals surface area contributed by atoms with E-state index in [9.17, 15) is 24.0 Å². The first kappa shape index (κ1) is 28.4. The van der Waals surface area contributed by atoms with Gasteiger partial charge in [0.05, 0.1) is 23.7 Å². The van der Waals surface area contributed by atoms with Crippen molar-refractivity contribution < 1.29 is 33.4 Å². The predicted octanol–water partition coefficient (Wildman–Crippen LogP) is 1.52. The number of rotatable bonds is 7. The van der Waals surface area contributed by atoms with E-state index in [1.165, 1.54) is 23.2 Å². The Balaban J connectivity index is 1.29. The first-order valence-corrected chi connectivity index (χ1v) is 13.7. The summed E-state index contributed by atoms with van der Waals surface area (Å²) in [4.78, 5) is 65.3. The molecule has 3 aliphatic heterocycles. The first-order chi connectivity index (χ1) is 19.7. The highest BCUT2D eigenvalue weighted by Gasteiger charge is 2.46. The van der Waals surface area contributed by atoms with Crippen molar-refractivity contribution in [3.63, 3.8) is 0 Å². The minimum absolute atomic E-state index is 0.00435. The number of hydrazine groups is 1. The van der Waals surface area contributed by atoms with Crippen LogP contribution in [0.25, 0.3) is 0 Å². The average molecular weight is 584 g/mol. The SMILES string of the molecule is Nc1ccc(C(=O)NC2CCC(=O)N3CCCC(C(=O)NC4CC(=O)OC4OCc4ccccc4)N3C2=O)cc1Cl. The summed E-state index contributed by atoms with van der Waals surface area (Å²) in [6.45, 7) is 0.429. The largest absolute Gasteiger partial charge is 0.433 e. The number of amides is 4. The number of hydrogen-bond acceptors (Lipinski definition) is 8. The summed E-state index contributed by atoms with van der Waals surface area (Å²) >= 11 is 6.04. The van der Waals surface area contributed by atoms with E-state index in [2.05, 4.69) is 10.6 Å². The van der Waals surface area contributed by atoms with Crippen LogP contribution in [0.15, 0.2) is 48.5 Å². The van der Waals surface area contributed by atoms with Crippen LogP contribution in [0, 0.1) is 0 Å². The van der Waals surface area contributed by atoms with Crippen LogP contribution in [0.1, 0.15) is 48.0 Å². The first-order valence-electron chi connectivity index (χ1n) is 13.4. The zero-order valence-corrected chi connectivity index (χ0v) is 22.8. The molecule has 4 atom stereocenters. The molecule has 3 aliphatic rings. The molecule has 0 aromatic heterocycles. The van der Waals surface area contributed by atoms with Crippen molar-refractivity contribution in [3.05, 3.63) is 64.7 Å². The molecule has 0 aliphatic carbocycles. The molecule has 4 N–H and O–H groups in total. The Morgan fingerprint density at radius 2 is 1.85 bits per heavy atom. The number of nitrogens with two attached hydrogens (primary N) is 1. The van der Waals surface area contributed by atoms with Gasteiger partial charge < -0.3 is 25.8 Å². The number of benzene rings is 2. The third-order valence-electron chi connectivity index (χ3n) is 7.28. The van der Waals surface area contributed by atoms with Gasteiger partial charge in [-0.1, -0.05) is 41.9 Å². The molecule has 5 rings (SSSR count). The predicted molar refractivity (Wildman–Crippen MR) is 146 cm³/mol. The number of carbonyl (C=O) groups is 5. The van der Waals surface area contributed by atoms with Crippen molar-refractivity contribution in [2.24, 2.45) is 0 Å². The Bertz CT molecular complexity index is 1360. The number of hydrogen-bond donors (Lipinski definition) is 3. The van der Waals surface area contributed by atoms with Gasteiger partial charge in [-0.3, -0.25) is 29.0 Å². The van der Waals surface area contributed by atoms with Gasteiger partial charge in [0.2, 0.25) is 18.1 Å². The molecule has 12 nitrogen and oxygen atoms in total. The summed E-state index contributed by atoms with van der Waals surface area (Å²) in [5.41, 5.74) is 7.10. The Morgan fingerprint density at radius 3 is 2.61 bits per heavy atom. The second-order valence-electron chi connectivity index (χ2n) is 10.1. The Kier molecular flexibility index (Phi) is 8.41. The number of fused-ring (bicyclic) bond motifs is 1. The maximum atomic E-state index is 13.7. The zero-order valence-electron chi connectivity index (χ0n) is 22.1. The summed E-state index contributed by atoms with van der Waals surface area (Å²) in [6, 6.07) is 10.8. The minimum Gasteiger partial charge on any atom is -0.433 e. The van der Waals surface area contributed by atoms with Crippen molar-refractivity contribution in [3.8, 4) is 0 Å². The quantitative estimate of drug-likeness (QED) is 0.327. The van der Waals surface area contributed by atoms with Crippen LogP contribution in [-0.2, 0) is 35.3 Å². The van der Waals surface area contributed by atoms with Crippen molar-refractivity contribution >= 4 is 46.9 Å². The fourth-order valence-corrected chi connectivity index (χ4v) is 5.33. The Morgan fingerprint density at radius 1 is 1.07 bits per heavy atom. The smallest absolute Gasteiger partial charge is 0.310 e. The molecule has 4 unspecified atom stereocenters. The second kappa shape index (κ2) is 12.1. The zero-order chi connectivity index (χ0) is 29.1. The molecule has 4 amide bonds. The van der Waals surface area contributed by atoms with Gasteiger partial charge in [0, 0.05) is 18.5 Å². The summed E-state index contributed by atoms with van der Waals surface area (Å²) in [5, 5.41) is 8.09. The lowest BCUT2D eigenvalue weighted by molar-refractivity contribution is -0.177. The number of nitrogen functional groups attached to an aromatic ring is 1. The van der Waals surface area contributed by atoms with Crippen LogP contribution < -0.4 is 16.4 Å². The molecule has 216 valence electrons. The van der Waals surface area contributed by atoms with E-state index in [-0.39, 0.29) is 55.3 Å². The number of anilines is 1. The van der Waals surface area contributed by atoms with E-state index >= 15 is 0 Å². The van der Waals surface area contributed by atoms with Gasteiger partial charge in [0.25, 0.3) is 11.8 Å². The number of cyclic esters (lactones) is 1. The van der Waals surface area contributed by atoms with E-state index in [1.807, 2.05) is 30.3 Å². The molecule has 3 heterocycles. The molecule has 3 fully saturated rings. The average Bonchev–Trinajstić information content (AvgIpc) is 3.27. The van der Waals surface area contributed by atoms with Gasteiger partial charge in [0.15, 0.2) is 0 Å². The van der Waals surface area contributed by atoms with Crippen molar-refractivity contribution in [1.29, 1.82) is 0 Å². The molecule has 0 radical (unpaired) electrons. The number of esters is 1. The van der Waals surface area contributed by atoms with Gasteiger partial charge in [-0.05, 0) is 43.0 Å². The van der Waals surface area contributed by atoms with Gasteiger partial charge in [-0.25, -0.2) is 5.01 Å². The van der Waals surface area contributed by atoms with E-state index in [1.54, 1.807) is 0 Å². The molecular weight excluding hydrogens is 554 g/mol. The normalized spacial score (nSPS) is 24.4. The van der Waals surface area contributed by atoms with E-state index in [0.29, 0.717) is 12.1 Å². The number of nitrogens with one attached hydrogen (secondary N) is 2. The highest BCUT2D eigenvalue weighted by atomic mass is 35.5.